The number of nitrogens with zero attached hydrogens (tertiary/aromatic N) is 1. The molecule has 0 amide bonds. The highest BCUT2D eigenvalue weighted by Gasteiger charge is 2.28. The summed E-state index contributed by atoms with van der Waals surface area (Å²) in [5, 5.41) is 9.75. The molecule has 0 aliphatic heterocycles. The molecule has 0 bridgehead atoms. The van der Waals surface area contributed by atoms with Crippen molar-refractivity contribution in [3.05, 3.63) is 10.1 Å². The smallest absolute Gasteiger partial charge is 0.217 e. The Morgan fingerprint density at radius 3 is 2.10 bits per heavy atom. The lowest BCUT2D eigenvalue weighted by Gasteiger charge is -2.18. The molecule has 0 saturated heterocycles. The largest absolute Gasteiger partial charge is 0.265 e. The van der Waals surface area contributed by atoms with E-state index in [0.717, 1.165) is 0 Å². The maximum absolute atomic E-state index is 10.00. The van der Waals surface area contributed by atoms with E-state index in [-0.39, 0.29) is 16.5 Å². The number of hydrogen-bond acceptors (Lipinski definition) is 2. The van der Waals surface area contributed by atoms with Crippen LogP contribution in [0.5, 0.6) is 0 Å². The van der Waals surface area contributed by atoms with Gasteiger partial charge in [0.15, 0.2) is 0 Å². The Balaban J connectivity index is 3.85. The van der Waals surface area contributed by atoms with Crippen LogP contribution in [-0.4, -0.2) is 24.5 Å². The van der Waals surface area contributed by atoms with Crippen molar-refractivity contribution >= 4 is 19.7 Å². The van der Waals surface area contributed by atoms with Gasteiger partial charge in [0, 0.05) is 4.92 Å². The monoisotopic (exact) mass is 181 g/mol. The summed E-state index contributed by atoms with van der Waals surface area (Å²) in [6, 6.07) is 0. The summed E-state index contributed by atoms with van der Waals surface area (Å²) in [7, 11) is -1.50. The van der Waals surface area contributed by atoms with Gasteiger partial charge in [-0.1, -0.05) is 19.6 Å². The van der Waals surface area contributed by atoms with Crippen LogP contribution in [0.4, 0.5) is 0 Å². The quantitative estimate of drug-likeness (QED) is 0.288. The van der Waals surface area contributed by atoms with E-state index >= 15 is 0 Å². The van der Waals surface area contributed by atoms with Crippen molar-refractivity contribution in [2.45, 2.75) is 24.6 Å². The first-order valence-electron chi connectivity index (χ1n) is 3.10. The summed E-state index contributed by atoms with van der Waals surface area (Å²) in [4.78, 5) is 9.65. The lowest BCUT2D eigenvalue weighted by Crippen LogP contribution is -2.38. The second-order valence-corrected chi connectivity index (χ2v) is 9.67. The molecule has 10 heavy (non-hydrogen) atoms. The van der Waals surface area contributed by atoms with Crippen LogP contribution in [0.3, 0.4) is 0 Å². The lowest BCUT2D eigenvalue weighted by atomic mass is 10.8. The van der Waals surface area contributed by atoms with Crippen LogP contribution in [0.15, 0.2) is 0 Å². The molecule has 1 unspecified atom stereocenters. The molecule has 0 aromatic heterocycles. The van der Waals surface area contributed by atoms with Gasteiger partial charge in [-0.25, -0.2) is 0 Å². The highest BCUT2D eigenvalue weighted by atomic mass is 35.5. The molecule has 0 N–H and O–H groups in total. The van der Waals surface area contributed by atoms with Gasteiger partial charge in [-0.05, 0) is 0 Å². The molecule has 0 radical (unpaired) electrons. The fourth-order valence-electron chi connectivity index (χ4n) is 0.405. The Kier molecular flexibility index (Phi) is 3.31. The number of rotatable bonds is 3. The minimum Gasteiger partial charge on any atom is -0.265 e. The van der Waals surface area contributed by atoms with Crippen LogP contribution in [0.1, 0.15) is 0 Å². The van der Waals surface area contributed by atoms with E-state index < -0.39 is 8.07 Å². The summed E-state index contributed by atoms with van der Waals surface area (Å²) in [6.45, 7) is 5.97. The maximum Gasteiger partial charge on any atom is 0.217 e. The Labute approximate surface area is 66.5 Å². The molecule has 0 aromatic carbocycles. The van der Waals surface area contributed by atoms with Gasteiger partial charge in [-0.3, -0.25) is 10.1 Å². The molecule has 0 spiro atoms. The normalized spacial score (nSPS) is 14.8. The van der Waals surface area contributed by atoms with Crippen LogP contribution in [0.25, 0.3) is 0 Å². The molecular weight excluding hydrogens is 170 g/mol. The molecule has 5 heteroatoms. The molecule has 60 valence electrons. The minimum absolute atomic E-state index is 0.0999. The summed E-state index contributed by atoms with van der Waals surface area (Å²) >= 11 is 5.77. The highest BCUT2D eigenvalue weighted by molar-refractivity contribution is 6.83. The Morgan fingerprint density at radius 1 is 1.60 bits per heavy atom. The zero-order valence-corrected chi connectivity index (χ0v) is 8.18. The second-order valence-electron chi connectivity index (χ2n) is 3.35. The van der Waals surface area contributed by atoms with Gasteiger partial charge in [0.25, 0.3) is 0 Å². The van der Waals surface area contributed by atoms with Gasteiger partial charge in [0.05, 0.1) is 13.1 Å². The molecule has 0 aliphatic carbocycles. The van der Waals surface area contributed by atoms with Crippen LogP contribution in [0.2, 0.25) is 19.6 Å². The van der Waals surface area contributed by atoms with Crippen molar-refractivity contribution in [1.29, 1.82) is 0 Å². The van der Waals surface area contributed by atoms with E-state index in [4.69, 9.17) is 11.6 Å². The second kappa shape index (κ2) is 3.34. The van der Waals surface area contributed by atoms with Crippen LogP contribution in [-0.2, 0) is 0 Å². The van der Waals surface area contributed by atoms with E-state index in [1.807, 2.05) is 19.6 Å². The minimum atomic E-state index is -1.50. The fourth-order valence-corrected chi connectivity index (χ4v) is 1.21. The molecule has 1 atom stereocenters. The summed E-state index contributed by atoms with van der Waals surface area (Å²) in [5.41, 5.74) is 0. The van der Waals surface area contributed by atoms with Crippen molar-refractivity contribution in [2.24, 2.45) is 0 Å². The van der Waals surface area contributed by atoms with E-state index in [1.54, 1.807) is 0 Å². The molecule has 0 fully saturated rings. The third-order valence-corrected chi connectivity index (χ3v) is 5.41. The Hall–Kier alpha value is -0.0931. The molecular formula is C5H12ClNO2Si. The molecule has 0 aliphatic rings. The number of halogens is 1. The van der Waals surface area contributed by atoms with Crippen molar-refractivity contribution < 1.29 is 4.92 Å². The topological polar surface area (TPSA) is 43.1 Å². The van der Waals surface area contributed by atoms with Crippen molar-refractivity contribution in [3.63, 3.8) is 0 Å². The fraction of sp³-hybridized carbons (Fsp3) is 1.00. The van der Waals surface area contributed by atoms with Gasteiger partial charge in [0.2, 0.25) is 6.54 Å². The Morgan fingerprint density at radius 2 is 2.00 bits per heavy atom. The summed E-state index contributed by atoms with van der Waals surface area (Å²) < 4.78 is 0. The SMILES string of the molecule is C[Si](C)(C)C(Cl)C[N+](=O)[O-]. The first-order valence-corrected chi connectivity index (χ1v) is 7.11. The zero-order valence-electron chi connectivity index (χ0n) is 6.43. The van der Waals surface area contributed by atoms with Gasteiger partial charge in [-0.15, -0.1) is 11.6 Å². The van der Waals surface area contributed by atoms with E-state index in [1.165, 1.54) is 0 Å². The van der Waals surface area contributed by atoms with Crippen molar-refractivity contribution in [2.75, 3.05) is 6.54 Å². The van der Waals surface area contributed by atoms with Gasteiger partial charge in [-0.2, -0.15) is 0 Å². The molecule has 0 aromatic rings. The summed E-state index contributed by atoms with van der Waals surface area (Å²) in [6.07, 6.45) is 0. The molecule has 3 nitrogen and oxygen atoms in total. The number of hydrogen-bond donors (Lipinski definition) is 0. The van der Waals surface area contributed by atoms with Gasteiger partial charge in [0.1, 0.15) is 0 Å². The predicted octanol–water partition coefficient (Wildman–Crippen LogP) is 1.75. The van der Waals surface area contributed by atoms with E-state index in [0.29, 0.717) is 0 Å². The predicted molar refractivity (Wildman–Crippen MR) is 44.8 cm³/mol. The molecule has 0 saturated carbocycles. The van der Waals surface area contributed by atoms with Crippen molar-refractivity contribution in [3.8, 4) is 0 Å². The number of alkyl halides is 1. The molecule has 0 rings (SSSR count). The van der Waals surface area contributed by atoms with Gasteiger partial charge >= 0.3 is 0 Å². The van der Waals surface area contributed by atoms with Crippen molar-refractivity contribution in [1.82, 2.24) is 0 Å². The third-order valence-electron chi connectivity index (χ3n) is 1.25. The lowest BCUT2D eigenvalue weighted by molar-refractivity contribution is -0.477. The van der Waals surface area contributed by atoms with Crippen LogP contribution < -0.4 is 0 Å². The first kappa shape index (κ1) is 9.91. The van der Waals surface area contributed by atoms with E-state index in [9.17, 15) is 10.1 Å². The average Bonchev–Trinajstić information content (AvgIpc) is 1.60. The van der Waals surface area contributed by atoms with E-state index in [2.05, 4.69) is 0 Å². The van der Waals surface area contributed by atoms with Crippen LogP contribution in [0, 0.1) is 10.1 Å². The van der Waals surface area contributed by atoms with Gasteiger partial charge < -0.3 is 0 Å². The highest BCUT2D eigenvalue weighted by Crippen LogP contribution is 2.13. The standard InChI is InChI=1S/C5H12ClNO2Si/c1-10(2,3)5(6)4-7(8)9/h5H,4H2,1-3H3. The van der Waals surface area contributed by atoms with Crippen LogP contribution >= 0.6 is 11.6 Å². The molecule has 0 heterocycles. The summed E-state index contributed by atoms with van der Waals surface area (Å²) in [5.74, 6) is 0. The maximum atomic E-state index is 10.00. The first-order chi connectivity index (χ1) is 4.34. The Bertz CT molecular complexity index is 134. The third kappa shape index (κ3) is 3.84. The zero-order chi connectivity index (χ0) is 8.36. The average molecular weight is 182 g/mol. The number of nitro groups is 1.